The van der Waals surface area contributed by atoms with Gasteiger partial charge >= 0.3 is 5.97 Å². The first-order chi connectivity index (χ1) is 7.59. The highest BCUT2D eigenvalue weighted by Gasteiger charge is 2.17. The predicted molar refractivity (Wildman–Crippen MR) is 58.9 cm³/mol. The van der Waals surface area contributed by atoms with Gasteiger partial charge in [-0.1, -0.05) is 6.42 Å². The molecular weight excluding hydrogens is 210 g/mol. The molecule has 0 aliphatic carbocycles. The molecule has 0 aromatic heterocycles. The molecule has 0 saturated carbocycles. The number of carboxylic acid groups (broad SMARTS) is 1. The van der Waals surface area contributed by atoms with Crippen LogP contribution in [0.4, 0.5) is 0 Å². The van der Waals surface area contributed by atoms with Crippen molar-refractivity contribution in [3.8, 4) is 0 Å². The third-order valence-electron chi connectivity index (χ3n) is 2.68. The zero-order chi connectivity index (χ0) is 12.0. The lowest BCUT2D eigenvalue weighted by molar-refractivity contribution is -0.138. The summed E-state index contributed by atoms with van der Waals surface area (Å²) in [6.45, 7) is 0.938. The van der Waals surface area contributed by atoms with Crippen molar-refractivity contribution >= 4 is 11.9 Å². The van der Waals surface area contributed by atoms with E-state index < -0.39 is 12.0 Å². The SMILES string of the molecule is NC(CNC(=O)CC1CCCCN1)C(=O)O. The van der Waals surface area contributed by atoms with Crippen molar-refractivity contribution in [1.29, 1.82) is 0 Å². The highest BCUT2D eigenvalue weighted by molar-refractivity contribution is 5.78. The predicted octanol–water partition coefficient (Wildman–Crippen LogP) is -0.953. The second-order valence-electron chi connectivity index (χ2n) is 4.10. The van der Waals surface area contributed by atoms with Gasteiger partial charge in [-0.2, -0.15) is 0 Å². The number of carbonyl (C=O) groups excluding carboxylic acids is 1. The molecule has 1 heterocycles. The summed E-state index contributed by atoms with van der Waals surface area (Å²) in [4.78, 5) is 21.9. The summed E-state index contributed by atoms with van der Waals surface area (Å²) < 4.78 is 0. The summed E-state index contributed by atoms with van der Waals surface area (Å²) >= 11 is 0. The second kappa shape index (κ2) is 6.44. The van der Waals surface area contributed by atoms with Gasteiger partial charge in [-0.05, 0) is 19.4 Å². The topological polar surface area (TPSA) is 104 Å². The molecule has 0 aromatic carbocycles. The fraction of sp³-hybridized carbons (Fsp3) is 0.800. The molecule has 0 radical (unpaired) electrons. The Hall–Kier alpha value is -1.14. The number of carboxylic acids is 1. The van der Waals surface area contributed by atoms with Crippen LogP contribution in [0, 0.1) is 0 Å². The van der Waals surface area contributed by atoms with Crippen molar-refractivity contribution in [2.75, 3.05) is 13.1 Å². The molecule has 0 bridgehead atoms. The standard InChI is InChI=1S/C10H19N3O3/c11-8(10(15)16)6-13-9(14)5-7-3-1-2-4-12-7/h7-8,12H,1-6,11H2,(H,13,14)(H,15,16). The first kappa shape index (κ1) is 12.9. The Morgan fingerprint density at radius 3 is 2.81 bits per heavy atom. The molecule has 1 amide bonds. The van der Waals surface area contributed by atoms with E-state index in [0.717, 1.165) is 25.8 Å². The smallest absolute Gasteiger partial charge is 0.322 e. The third kappa shape index (κ3) is 4.59. The van der Waals surface area contributed by atoms with Crippen LogP contribution in [0.3, 0.4) is 0 Å². The van der Waals surface area contributed by atoms with Crippen LogP contribution < -0.4 is 16.4 Å². The van der Waals surface area contributed by atoms with Crippen LogP contribution in [0.2, 0.25) is 0 Å². The average Bonchev–Trinajstić information content (AvgIpc) is 2.27. The zero-order valence-corrected chi connectivity index (χ0v) is 9.24. The van der Waals surface area contributed by atoms with Gasteiger partial charge in [-0.3, -0.25) is 9.59 Å². The third-order valence-corrected chi connectivity index (χ3v) is 2.68. The van der Waals surface area contributed by atoms with Crippen molar-refractivity contribution in [1.82, 2.24) is 10.6 Å². The van der Waals surface area contributed by atoms with Gasteiger partial charge in [-0.25, -0.2) is 0 Å². The van der Waals surface area contributed by atoms with Gasteiger partial charge in [0.15, 0.2) is 0 Å². The van der Waals surface area contributed by atoms with Crippen LogP contribution in [0.1, 0.15) is 25.7 Å². The molecule has 0 spiro atoms. The molecule has 1 saturated heterocycles. The summed E-state index contributed by atoms with van der Waals surface area (Å²) in [7, 11) is 0. The highest BCUT2D eigenvalue weighted by Crippen LogP contribution is 2.09. The number of hydrogen-bond donors (Lipinski definition) is 4. The molecule has 1 fully saturated rings. The molecule has 2 unspecified atom stereocenters. The second-order valence-corrected chi connectivity index (χ2v) is 4.10. The van der Waals surface area contributed by atoms with Gasteiger partial charge in [-0.15, -0.1) is 0 Å². The van der Waals surface area contributed by atoms with Gasteiger partial charge in [0.1, 0.15) is 6.04 Å². The van der Waals surface area contributed by atoms with E-state index in [2.05, 4.69) is 10.6 Å². The normalized spacial score (nSPS) is 22.4. The Kier molecular flexibility index (Phi) is 5.21. The molecule has 0 aromatic rings. The van der Waals surface area contributed by atoms with Crippen LogP contribution in [0.5, 0.6) is 0 Å². The Morgan fingerprint density at radius 2 is 2.25 bits per heavy atom. The number of carbonyl (C=O) groups is 2. The minimum atomic E-state index is -1.10. The van der Waals surface area contributed by atoms with Crippen LogP contribution >= 0.6 is 0 Å². The monoisotopic (exact) mass is 229 g/mol. The number of aliphatic carboxylic acids is 1. The quantitative estimate of drug-likeness (QED) is 0.486. The first-order valence-electron chi connectivity index (χ1n) is 5.58. The summed E-state index contributed by atoms with van der Waals surface area (Å²) in [6.07, 6.45) is 3.69. The maximum absolute atomic E-state index is 11.4. The number of piperidine rings is 1. The van der Waals surface area contributed by atoms with Gasteiger partial charge in [0, 0.05) is 19.0 Å². The van der Waals surface area contributed by atoms with E-state index in [-0.39, 0.29) is 18.5 Å². The molecule has 1 aliphatic rings. The summed E-state index contributed by atoms with van der Waals surface area (Å²) in [5.41, 5.74) is 5.27. The Bertz CT molecular complexity index is 252. The van der Waals surface area contributed by atoms with Crippen molar-refractivity contribution in [2.24, 2.45) is 5.73 Å². The van der Waals surface area contributed by atoms with Crippen molar-refractivity contribution in [3.05, 3.63) is 0 Å². The molecular formula is C10H19N3O3. The molecule has 1 rings (SSSR count). The van der Waals surface area contributed by atoms with Crippen molar-refractivity contribution < 1.29 is 14.7 Å². The molecule has 2 atom stereocenters. The number of hydrogen-bond acceptors (Lipinski definition) is 4. The lowest BCUT2D eigenvalue weighted by Crippen LogP contribution is -2.44. The summed E-state index contributed by atoms with van der Waals surface area (Å²) in [5, 5.41) is 14.3. The van der Waals surface area contributed by atoms with E-state index in [1.807, 2.05) is 0 Å². The highest BCUT2D eigenvalue weighted by atomic mass is 16.4. The molecule has 1 aliphatic heterocycles. The van der Waals surface area contributed by atoms with E-state index >= 15 is 0 Å². The first-order valence-corrected chi connectivity index (χ1v) is 5.58. The largest absolute Gasteiger partial charge is 0.480 e. The van der Waals surface area contributed by atoms with E-state index in [4.69, 9.17) is 10.8 Å². The number of rotatable bonds is 5. The zero-order valence-electron chi connectivity index (χ0n) is 9.24. The molecule has 6 nitrogen and oxygen atoms in total. The fourth-order valence-electron chi connectivity index (χ4n) is 1.71. The van der Waals surface area contributed by atoms with Crippen molar-refractivity contribution in [3.63, 3.8) is 0 Å². The molecule has 16 heavy (non-hydrogen) atoms. The van der Waals surface area contributed by atoms with Gasteiger partial charge in [0.05, 0.1) is 0 Å². The minimum Gasteiger partial charge on any atom is -0.480 e. The number of nitrogens with two attached hydrogens (primary N) is 1. The van der Waals surface area contributed by atoms with E-state index in [0.29, 0.717) is 6.42 Å². The van der Waals surface area contributed by atoms with Gasteiger partial charge in [0.25, 0.3) is 0 Å². The molecule has 92 valence electrons. The summed E-state index contributed by atoms with van der Waals surface area (Å²) in [6, 6.07) is -0.807. The Balaban J connectivity index is 2.17. The minimum absolute atomic E-state index is 0.0130. The maximum atomic E-state index is 11.4. The van der Waals surface area contributed by atoms with Crippen LogP contribution in [0.25, 0.3) is 0 Å². The number of amides is 1. The fourth-order valence-corrected chi connectivity index (χ4v) is 1.71. The van der Waals surface area contributed by atoms with Crippen molar-refractivity contribution in [2.45, 2.75) is 37.8 Å². The summed E-state index contributed by atoms with van der Waals surface area (Å²) in [5.74, 6) is -1.24. The Morgan fingerprint density at radius 1 is 1.50 bits per heavy atom. The van der Waals surface area contributed by atoms with E-state index in [9.17, 15) is 9.59 Å². The van der Waals surface area contributed by atoms with Crippen LogP contribution in [-0.4, -0.2) is 42.2 Å². The van der Waals surface area contributed by atoms with Gasteiger partial charge < -0.3 is 21.5 Å². The van der Waals surface area contributed by atoms with Crippen LogP contribution in [0.15, 0.2) is 0 Å². The van der Waals surface area contributed by atoms with E-state index in [1.165, 1.54) is 0 Å². The van der Waals surface area contributed by atoms with Gasteiger partial charge in [0.2, 0.25) is 5.91 Å². The average molecular weight is 229 g/mol. The lowest BCUT2D eigenvalue weighted by Gasteiger charge is -2.22. The van der Waals surface area contributed by atoms with E-state index in [1.54, 1.807) is 0 Å². The molecule has 5 N–H and O–H groups in total. The maximum Gasteiger partial charge on any atom is 0.322 e. The van der Waals surface area contributed by atoms with Crippen LogP contribution in [-0.2, 0) is 9.59 Å². The Labute approximate surface area is 94.6 Å². The molecule has 6 heteroatoms. The lowest BCUT2D eigenvalue weighted by atomic mass is 10.0. The number of nitrogens with one attached hydrogen (secondary N) is 2.